The van der Waals surface area contributed by atoms with Crippen molar-refractivity contribution < 1.29 is 22.9 Å². The summed E-state index contributed by atoms with van der Waals surface area (Å²) in [6.45, 7) is 3.07. The van der Waals surface area contributed by atoms with Gasteiger partial charge in [-0.1, -0.05) is 96.8 Å². The molecule has 0 aromatic rings. The van der Waals surface area contributed by atoms with Crippen molar-refractivity contribution in [3.05, 3.63) is 0 Å². The Morgan fingerprint density at radius 1 is 0.731 bits per heavy atom. The van der Waals surface area contributed by atoms with Gasteiger partial charge in [0.15, 0.2) is 5.78 Å². The van der Waals surface area contributed by atoms with Crippen LogP contribution in [0.3, 0.4) is 0 Å². The van der Waals surface area contributed by atoms with Crippen LogP contribution >= 0.6 is 0 Å². The summed E-state index contributed by atoms with van der Waals surface area (Å²) in [6, 6.07) is 0. The first-order valence-corrected chi connectivity index (χ1v) is 11.9. The molecule has 6 heteroatoms. The SMILES string of the molecule is CCCCCCCCCCCCCCCCCC(=O)C(C)(O)S(=O)(=O)O. The van der Waals surface area contributed by atoms with Gasteiger partial charge in [0.1, 0.15) is 0 Å². The van der Waals surface area contributed by atoms with Gasteiger partial charge in [0.05, 0.1) is 0 Å². The van der Waals surface area contributed by atoms with E-state index in [2.05, 4.69) is 6.92 Å². The van der Waals surface area contributed by atoms with Crippen molar-refractivity contribution in [3.8, 4) is 0 Å². The van der Waals surface area contributed by atoms with Gasteiger partial charge in [0.25, 0.3) is 0 Å². The molecule has 0 radical (unpaired) electrons. The van der Waals surface area contributed by atoms with Crippen LogP contribution in [0.15, 0.2) is 0 Å². The molecule has 0 aromatic carbocycles. The number of hydrogen-bond donors (Lipinski definition) is 2. The van der Waals surface area contributed by atoms with Gasteiger partial charge in [-0.15, -0.1) is 0 Å². The van der Waals surface area contributed by atoms with Crippen molar-refractivity contribution in [1.82, 2.24) is 0 Å². The highest BCUT2D eigenvalue weighted by Crippen LogP contribution is 2.18. The van der Waals surface area contributed by atoms with Crippen molar-refractivity contribution in [3.63, 3.8) is 0 Å². The lowest BCUT2D eigenvalue weighted by molar-refractivity contribution is -0.129. The van der Waals surface area contributed by atoms with Crippen LogP contribution in [0.2, 0.25) is 0 Å². The Morgan fingerprint density at radius 2 is 1.04 bits per heavy atom. The Bertz CT molecular complexity index is 457. The van der Waals surface area contributed by atoms with E-state index in [1.54, 1.807) is 0 Å². The molecule has 0 aliphatic carbocycles. The van der Waals surface area contributed by atoms with Gasteiger partial charge < -0.3 is 5.11 Å². The van der Waals surface area contributed by atoms with E-state index in [-0.39, 0.29) is 6.42 Å². The summed E-state index contributed by atoms with van der Waals surface area (Å²) in [5.74, 6) is -0.838. The van der Waals surface area contributed by atoms with Gasteiger partial charge in [-0.05, 0) is 13.3 Å². The maximum atomic E-state index is 11.7. The van der Waals surface area contributed by atoms with Crippen molar-refractivity contribution in [2.75, 3.05) is 0 Å². The molecule has 0 fully saturated rings. The molecule has 0 heterocycles. The molecule has 0 aromatic heterocycles. The molecule has 0 saturated heterocycles. The Kier molecular flexibility index (Phi) is 14.3. The molecule has 156 valence electrons. The average molecular weight is 393 g/mol. The predicted molar refractivity (Wildman–Crippen MR) is 107 cm³/mol. The fraction of sp³-hybridized carbons (Fsp3) is 0.950. The van der Waals surface area contributed by atoms with Gasteiger partial charge in [0.2, 0.25) is 4.93 Å². The van der Waals surface area contributed by atoms with Crippen LogP contribution in [0.4, 0.5) is 0 Å². The summed E-state index contributed by atoms with van der Waals surface area (Å²) in [6.07, 6.45) is 18.1. The topological polar surface area (TPSA) is 91.7 Å². The minimum absolute atomic E-state index is 0.0228. The Morgan fingerprint density at radius 3 is 1.35 bits per heavy atom. The summed E-state index contributed by atoms with van der Waals surface area (Å²) in [5.41, 5.74) is 0. The molecule has 0 bridgehead atoms. The second-order valence-corrected chi connectivity index (χ2v) is 9.33. The number of carbonyl (C=O) groups is 1. The van der Waals surface area contributed by atoms with E-state index in [0.29, 0.717) is 6.42 Å². The van der Waals surface area contributed by atoms with Crippen LogP contribution in [0.1, 0.15) is 117 Å². The monoisotopic (exact) mass is 392 g/mol. The zero-order valence-corrected chi connectivity index (χ0v) is 17.7. The van der Waals surface area contributed by atoms with Crippen molar-refractivity contribution in [1.29, 1.82) is 0 Å². The minimum Gasteiger partial charge on any atom is -0.367 e. The Balaban J connectivity index is 3.41. The van der Waals surface area contributed by atoms with Gasteiger partial charge in [-0.2, -0.15) is 8.42 Å². The maximum Gasteiger partial charge on any atom is 0.302 e. The molecule has 0 rings (SSSR count). The minimum atomic E-state index is -4.77. The van der Waals surface area contributed by atoms with E-state index >= 15 is 0 Å². The van der Waals surface area contributed by atoms with Crippen molar-refractivity contribution in [2.45, 2.75) is 122 Å². The molecule has 5 nitrogen and oxygen atoms in total. The number of aliphatic hydroxyl groups is 1. The van der Waals surface area contributed by atoms with E-state index in [1.807, 2.05) is 0 Å². The summed E-state index contributed by atoms with van der Waals surface area (Å²) < 4.78 is 30.7. The first-order chi connectivity index (χ1) is 12.2. The molecule has 0 aliphatic heterocycles. The smallest absolute Gasteiger partial charge is 0.302 e. The number of unbranched alkanes of at least 4 members (excludes halogenated alkanes) is 14. The lowest BCUT2D eigenvalue weighted by Gasteiger charge is -2.17. The normalized spacial score (nSPS) is 14.3. The average Bonchev–Trinajstić information content (AvgIpc) is 2.57. The van der Waals surface area contributed by atoms with Crippen LogP contribution in [0, 0.1) is 0 Å². The fourth-order valence-electron chi connectivity index (χ4n) is 3.03. The number of rotatable bonds is 18. The third-order valence-electron chi connectivity index (χ3n) is 5.03. The second-order valence-electron chi connectivity index (χ2n) is 7.58. The number of hydrogen-bond acceptors (Lipinski definition) is 4. The fourth-order valence-corrected chi connectivity index (χ4v) is 3.42. The zero-order chi connectivity index (χ0) is 19.9. The summed E-state index contributed by atoms with van der Waals surface area (Å²) in [7, 11) is -4.77. The molecule has 0 spiro atoms. The van der Waals surface area contributed by atoms with Crippen molar-refractivity contribution >= 4 is 15.9 Å². The second kappa shape index (κ2) is 14.6. The van der Waals surface area contributed by atoms with E-state index < -0.39 is 20.8 Å². The molecule has 26 heavy (non-hydrogen) atoms. The molecule has 0 aliphatic rings. The largest absolute Gasteiger partial charge is 0.367 e. The van der Waals surface area contributed by atoms with E-state index in [4.69, 9.17) is 4.55 Å². The quantitative estimate of drug-likeness (QED) is 0.240. The van der Waals surface area contributed by atoms with Crippen LogP contribution in [0.5, 0.6) is 0 Å². The molecular formula is C20H40O5S. The van der Waals surface area contributed by atoms with Crippen LogP contribution in [-0.4, -0.2) is 28.8 Å². The van der Waals surface area contributed by atoms with Gasteiger partial charge in [-0.3, -0.25) is 9.35 Å². The van der Waals surface area contributed by atoms with Gasteiger partial charge in [-0.25, -0.2) is 0 Å². The Hall–Kier alpha value is -0.460. The summed E-state index contributed by atoms with van der Waals surface area (Å²) in [5, 5.41) is 9.55. The lowest BCUT2D eigenvalue weighted by atomic mass is 10.0. The van der Waals surface area contributed by atoms with Gasteiger partial charge >= 0.3 is 10.1 Å². The van der Waals surface area contributed by atoms with Crippen LogP contribution < -0.4 is 0 Å². The van der Waals surface area contributed by atoms with Crippen LogP contribution in [0.25, 0.3) is 0 Å². The Labute approximate surface area is 160 Å². The molecule has 0 saturated carbocycles. The first kappa shape index (κ1) is 25.5. The highest BCUT2D eigenvalue weighted by atomic mass is 32.2. The van der Waals surface area contributed by atoms with Crippen LogP contribution in [-0.2, 0) is 14.9 Å². The van der Waals surface area contributed by atoms with E-state index in [1.165, 1.54) is 70.6 Å². The highest BCUT2D eigenvalue weighted by molar-refractivity contribution is 7.87. The molecule has 1 atom stereocenters. The third-order valence-corrected chi connectivity index (χ3v) is 6.26. The van der Waals surface area contributed by atoms with E-state index in [0.717, 1.165) is 26.2 Å². The lowest BCUT2D eigenvalue weighted by Crippen LogP contribution is -2.43. The van der Waals surface area contributed by atoms with E-state index in [9.17, 15) is 18.3 Å². The van der Waals surface area contributed by atoms with Crippen molar-refractivity contribution in [2.24, 2.45) is 0 Å². The number of Topliss-reactive ketones (excluding diaryl/α,β-unsaturated/α-hetero) is 1. The maximum absolute atomic E-state index is 11.7. The first-order valence-electron chi connectivity index (χ1n) is 10.5. The molecular weight excluding hydrogens is 352 g/mol. The van der Waals surface area contributed by atoms with Gasteiger partial charge in [0, 0.05) is 6.42 Å². The third kappa shape index (κ3) is 12.0. The molecule has 1 unspecified atom stereocenters. The highest BCUT2D eigenvalue weighted by Gasteiger charge is 2.42. The summed E-state index contributed by atoms with van der Waals surface area (Å²) in [4.78, 5) is 8.98. The number of carbonyl (C=O) groups excluding carboxylic acids is 1. The zero-order valence-electron chi connectivity index (χ0n) is 16.8. The molecule has 0 amide bonds. The standard InChI is InChI=1S/C20H40O5S/c1-3-4-5-6-7-8-9-10-11-12-13-14-15-16-17-18-19(21)20(2,22)26(23,24)25/h22H,3-18H2,1-2H3,(H,23,24,25). The summed E-state index contributed by atoms with van der Waals surface area (Å²) >= 11 is 0. The predicted octanol–water partition coefficient (Wildman–Crippen LogP) is 5.41. The molecule has 2 N–H and O–H groups in total. The number of ketones is 1.